The fourth-order valence-corrected chi connectivity index (χ4v) is 3.04. The third-order valence-electron chi connectivity index (χ3n) is 4.26. The lowest BCUT2D eigenvalue weighted by molar-refractivity contribution is 0.408. The highest BCUT2D eigenvalue weighted by atomic mass is 19.1. The Kier molecular flexibility index (Phi) is 4.57. The summed E-state index contributed by atoms with van der Waals surface area (Å²) in [6.07, 6.45) is 3.42. The van der Waals surface area contributed by atoms with E-state index in [2.05, 4.69) is 20.3 Å². The smallest absolute Gasteiger partial charge is 0.205 e. The first-order chi connectivity index (χ1) is 11.2. The Balaban J connectivity index is 1.73. The Morgan fingerprint density at radius 2 is 1.91 bits per heavy atom. The number of nitrogens with one attached hydrogen (secondary N) is 1. The van der Waals surface area contributed by atoms with Gasteiger partial charge in [-0.3, -0.25) is 0 Å². The van der Waals surface area contributed by atoms with Crippen molar-refractivity contribution in [3.8, 4) is 5.75 Å². The second-order valence-electron chi connectivity index (χ2n) is 5.54. The maximum atomic E-state index is 13.0. The second kappa shape index (κ2) is 6.78. The molecular formula is C16H20FN5O. The first-order valence-electron chi connectivity index (χ1n) is 7.59. The number of hydrogen-bond donors (Lipinski definition) is 2. The molecule has 1 aliphatic rings. The van der Waals surface area contributed by atoms with Gasteiger partial charge < -0.3 is 15.1 Å². The predicted molar refractivity (Wildman–Crippen MR) is 87.0 cm³/mol. The van der Waals surface area contributed by atoms with Crippen molar-refractivity contribution in [2.45, 2.75) is 18.8 Å². The van der Waals surface area contributed by atoms with Crippen LogP contribution in [0, 0.1) is 5.82 Å². The van der Waals surface area contributed by atoms with Gasteiger partial charge in [-0.25, -0.2) is 20.2 Å². The molecule has 1 fully saturated rings. The number of hydrogen-bond acceptors (Lipinski definition) is 6. The number of benzene rings is 1. The zero-order valence-corrected chi connectivity index (χ0v) is 13.0. The average molecular weight is 317 g/mol. The molecule has 0 bridgehead atoms. The third kappa shape index (κ3) is 3.19. The van der Waals surface area contributed by atoms with Crippen LogP contribution in [0.4, 0.5) is 16.0 Å². The first kappa shape index (κ1) is 15.5. The van der Waals surface area contributed by atoms with Crippen molar-refractivity contribution in [3.05, 3.63) is 42.0 Å². The summed E-state index contributed by atoms with van der Waals surface area (Å²) in [6, 6.07) is 6.79. The van der Waals surface area contributed by atoms with Gasteiger partial charge in [-0.15, -0.1) is 0 Å². The van der Waals surface area contributed by atoms with E-state index in [0.29, 0.717) is 17.5 Å². The first-order valence-corrected chi connectivity index (χ1v) is 7.59. The van der Waals surface area contributed by atoms with E-state index in [1.54, 1.807) is 7.11 Å². The van der Waals surface area contributed by atoms with Crippen molar-refractivity contribution in [2.75, 3.05) is 30.5 Å². The number of halogens is 1. The van der Waals surface area contributed by atoms with Crippen molar-refractivity contribution >= 4 is 11.6 Å². The molecule has 1 aliphatic heterocycles. The molecule has 6 nitrogen and oxygen atoms in total. The zero-order valence-electron chi connectivity index (χ0n) is 13.0. The minimum absolute atomic E-state index is 0.196. The average Bonchev–Trinajstić information content (AvgIpc) is 2.61. The summed E-state index contributed by atoms with van der Waals surface area (Å²) in [5.41, 5.74) is 3.71. The maximum absolute atomic E-state index is 13.0. The molecule has 0 amide bonds. The standard InChI is InChI=1S/C16H20FN5O/c1-23-14-15(21-18)19-10-20-16(14)22-8-6-12(7-9-22)11-2-4-13(17)5-3-11/h2-5,10,12H,6-9,18H2,1H3,(H,19,20,21). The van der Waals surface area contributed by atoms with Crippen LogP contribution in [0.25, 0.3) is 0 Å². The predicted octanol–water partition coefficient (Wildman–Crippen LogP) is 2.29. The van der Waals surface area contributed by atoms with E-state index in [1.165, 1.54) is 24.0 Å². The van der Waals surface area contributed by atoms with Gasteiger partial charge in [-0.2, -0.15) is 0 Å². The number of ether oxygens (including phenoxy) is 1. The Labute approximate surface area is 134 Å². The number of nitrogens with two attached hydrogens (primary N) is 1. The van der Waals surface area contributed by atoms with E-state index >= 15 is 0 Å². The lowest BCUT2D eigenvalue weighted by atomic mass is 9.89. The Bertz CT molecular complexity index is 656. The molecule has 23 heavy (non-hydrogen) atoms. The maximum Gasteiger partial charge on any atom is 0.205 e. The van der Waals surface area contributed by atoms with E-state index in [0.717, 1.165) is 31.7 Å². The van der Waals surface area contributed by atoms with Gasteiger partial charge in [0.05, 0.1) is 7.11 Å². The molecule has 0 radical (unpaired) electrons. The highest BCUT2D eigenvalue weighted by molar-refractivity contribution is 5.64. The van der Waals surface area contributed by atoms with Gasteiger partial charge in [0.2, 0.25) is 5.75 Å². The quantitative estimate of drug-likeness (QED) is 0.665. The number of nitrogens with zero attached hydrogens (tertiary/aromatic N) is 3. The summed E-state index contributed by atoms with van der Waals surface area (Å²) in [5, 5.41) is 0. The molecule has 3 rings (SSSR count). The van der Waals surface area contributed by atoms with Crippen molar-refractivity contribution in [1.29, 1.82) is 0 Å². The number of methoxy groups -OCH3 is 1. The van der Waals surface area contributed by atoms with Crippen LogP contribution in [0.1, 0.15) is 24.3 Å². The van der Waals surface area contributed by atoms with Gasteiger partial charge >= 0.3 is 0 Å². The minimum atomic E-state index is -0.196. The molecule has 0 unspecified atom stereocenters. The number of nitrogen functional groups attached to an aromatic ring is 1. The number of hydrazine groups is 1. The summed E-state index contributed by atoms with van der Waals surface area (Å²) < 4.78 is 18.4. The van der Waals surface area contributed by atoms with Crippen molar-refractivity contribution in [1.82, 2.24) is 9.97 Å². The Hall–Kier alpha value is -2.41. The van der Waals surface area contributed by atoms with Crippen LogP contribution in [0.2, 0.25) is 0 Å². The second-order valence-corrected chi connectivity index (χ2v) is 5.54. The monoisotopic (exact) mass is 317 g/mol. The minimum Gasteiger partial charge on any atom is -0.490 e. The van der Waals surface area contributed by atoms with E-state index in [4.69, 9.17) is 10.6 Å². The van der Waals surface area contributed by atoms with E-state index in [-0.39, 0.29) is 5.82 Å². The highest BCUT2D eigenvalue weighted by Crippen LogP contribution is 2.35. The van der Waals surface area contributed by atoms with Crippen molar-refractivity contribution in [3.63, 3.8) is 0 Å². The summed E-state index contributed by atoms with van der Waals surface area (Å²) in [4.78, 5) is 10.6. The molecule has 1 aromatic carbocycles. The Morgan fingerprint density at radius 1 is 1.22 bits per heavy atom. The van der Waals surface area contributed by atoms with Crippen molar-refractivity contribution < 1.29 is 9.13 Å². The fourth-order valence-electron chi connectivity index (χ4n) is 3.04. The normalized spacial score (nSPS) is 15.5. The molecule has 0 aliphatic carbocycles. The van der Waals surface area contributed by atoms with Crippen LogP contribution in [-0.4, -0.2) is 30.2 Å². The molecule has 1 aromatic heterocycles. The third-order valence-corrected chi connectivity index (χ3v) is 4.26. The van der Waals surface area contributed by atoms with Gasteiger partial charge in [-0.05, 0) is 36.5 Å². The molecule has 2 heterocycles. The number of rotatable bonds is 4. The molecular weight excluding hydrogens is 297 g/mol. The Morgan fingerprint density at radius 3 is 2.52 bits per heavy atom. The van der Waals surface area contributed by atoms with Crippen molar-refractivity contribution in [2.24, 2.45) is 5.84 Å². The number of piperidine rings is 1. The molecule has 122 valence electrons. The number of anilines is 2. The van der Waals surface area contributed by atoms with E-state index in [9.17, 15) is 4.39 Å². The van der Waals surface area contributed by atoms with Crippen LogP contribution in [0.5, 0.6) is 5.75 Å². The molecule has 7 heteroatoms. The lowest BCUT2D eigenvalue weighted by Gasteiger charge is -2.33. The van der Waals surface area contributed by atoms with Gasteiger partial charge in [0.25, 0.3) is 0 Å². The molecule has 0 spiro atoms. The molecule has 0 atom stereocenters. The summed E-state index contributed by atoms with van der Waals surface area (Å²) in [7, 11) is 1.58. The fraction of sp³-hybridized carbons (Fsp3) is 0.375. The zero-order chi connectivity index (χ0) is 16.2. The van der Waals surface area contributed by atoms with Gasteiger partial charge in [-0.1, -0.05) is 12.1 Å². The largest absolute Gasteiger partial charge is 0.490 e. The summed E-state index contributed by atoms with van der Waals surface area (Å²) in [5.74, 6) is 7.47. The SMILES string of the molecule is COc1c(NN)ncnc1N1CCC(c2ccc(F)cc2)CC1. The molecule has 1 saturated heterocycles. The van der Waals surface area contributed by atoms with Crippen LogP contribution in [0.15, 0.2) is 30.6 Å². The lowest BCUT2D eigenvalue weighted by Crippen LogP contribution is -2.34. The summed E-state index contributed by atoms with van der Waals surface area (Å²) in [6.45, 7) is 1.69. The van der Waals surface area contributed by atoms with Gasteiger partial charge in [0.1, 0.15) is 12.1 Å². The van der Waals surface area contributed by atoms with Crippen LogP contribution in [0.3, 0.4) is 0 Å². The van der Waals surface area contributed by atoms with Crippen LogP contribution < -0.4 is 20.9 Å². The molecule has 3 N–H and O–H groups in total. The van der Waals surface area contributed by atoms with Crippen LogP contribution >= 0.6 is 0 Å². The highest BCUT2D eigenvalue weighted by Gasteiger charge is 2.25. The van der Waals surface area contributed by atoms with E-state index < -0.39 is 0 Å². The van der Waals surface area contributed by atoms with Crippen LogP contribution in [-0.2, 0) is 0 Å². The summed E-state index contributed by atoms with van der Waals surface area (Å²) >= 11 is 0. The van der Waals surface area contributed by atoms with Gasteiger partial charge in [0, 0.05) is 13.1 Å². The van der Waals surface area contributed by atoms with Gasteiger partial charge in [0.15, 0.2) is 11.6 Å². The number of aromatic nitrogens is 2. The molecule has 2 aromatic rings. The molecule has 0 saturated carbocycles. The topological polar surface area (TPSA) is 76.3 Å². The van der Waals surface area contributed by atoms with E-state index in [1.807, 2.05) is 12.1 Å².